The molecule has 1 heterocycles. The molecule has 0 aliphatic rings. The number of hydrogen-bond acceptors (Lipinski definition) is 4. The first-order valence-electron chi connectivity index (χ1n) is 6.55. The highest BCUT2D eigenvalue weighted by Gasteiger charge is 2.55. The highest BCUT2D eigenvalue weighted by atomic mass is 32.3. The van der Waals surface area contributed by atoms with Crippen molar-refractivity contribution < 1.29 is 43.2 Å². The Kier molecular flexibility index (Phi) is 7.97. The number of alkyl halides is 6. The van der Waals surface area contributed by atoms with Crippen LogP contribution in [0.25, 0.3) is 0 Å². The molecule has 0 fully saturated rings. The normalized spacial score (nSPS) is 13.3. The van der Waals surface area contributed by atoms with Gasteiger partial charge >= 0.3 is 31.1 Å². The summed E-state index contributed by atoms with van der Waals surface area (Å²) in [4.78, 5) is 0. The van der Waals surface area contributed by atoms with E-state index in [2.05, 4.69) is 37.0 Å². The maximum absolute atomic E-state index is 11.5. The van der Waals surface area contributed by atoms with Gasteiger partial charge in [-0.1, -0.05) is 17.5 Å². The molecule has 0 aliphatic carbocycles. The summed E-state index contributed by atoms with van der Waals surface area (Å²) in [5.41, 5.74) is -10.8. The number of nitrogens with zero attached hydrogens (tertiary/aromatic N) is 1. The average Bonchev–Trinajstić information content (AvgIpc) is 2.79. The molecule has 1 N–H and O–H groups in total. The fourth-order valence-corrected chi connectivity index (χ4v) is 3.24. The van der Waals surface area contributed by atoms with Gasteiger partial charge in [0.1, 0.15) is 0 Å². The number of sulfonamides is 2. The summed E-state index contributed by atoms with van der Waals surface area (Å²) >= 11 is 0. The van der Waals surface area contributed by atoms with Crippen LogP contribution in [0.1, 0.15) is 25.3 Å². The third kappa shape index (κ3) is 7.64. The summed E-state index contributed by atoms with van der Waals surface area (Å²) < 4.78 is 110. The number of nitrogens with one attached hydrogen (secondary N) is 1. The summed E-state index contributed by atoms with van der Waals surface area (Å²) in [5, 5.41) is 0. The Balaban J connectivity index is 0.000000496. The largest absolute Gasteiger partial charge is 0.512 e. The molecule has 0 bridgehead atoms. The van der Waals surface area contributed by atoms with E-state index in [9.17, 15) is 43.2 Å². The molecule has 0 spiro atoms. The first-order valence-corrected chi connectivity index (χ1v) is 9.52. The number of rotatable bonds is 5. The van der Waals surface area contributed by atoms with Crippen LogP contribution in [0, 0.1) is 0 Å². The van der Waals surface area contributed by atoms with E-state index in [1.165, 1.54) is 24.8 Å². The van der Waals surface area contributed by atoms with Crippen LogP contribution in [-0.4, -0.2) is 32.4 Å². The van der Waals surface area contributed by atoms with Crippen LogP contribution in [0.4, 0.5) is 26.3 Å². The van der Waals surface area contributed by atoms with E-state index in [4.69, 9.17) is 0 Å². The molecule has 148 valence electrons. The molecule has 1 aromatic rings. The van der Waals surface area contributed by atoms with Gasteiger partial charge in [-0.3, -0.25) is 0 Å². The summed E-state index contributed by atoms with van der Waals surface area (Å²) in [6.07, 6.45) is 8.12. The van der Waals surface area contributed by atoms with Crippen LogP contribution < -0.4 is 4.13 Å². The average molecular weight is 418 g/mol. The lowest BCUT2D eigenvalue weighted by Crippen LogP contribution is -2.45. The van der Waals surface area contributed by atoms with Gasteiger partial charge in [0.2, 0.25) is 0 Å². The molecule has 1 aromatic heterocycles. The van der Waals surface area contributed by atoms with Gasteiger partial charge < -0.3 is 4.57 Å². The first kappa shape index (κ1) is 23.7. The van der Waals surface area contributed by atoms with Crippen LogP contribution in [0.3, 0.4) is 0 Å². The molecule has 0 saturated heterocycles. The molecule has 0 amide bonds. The Hall–Kier alpha value is -1.28. The third-order valence-electron chi connectivity index (χ3n) is 2.54. The van der Waals surface area contributed by atoms with Crippen LogP contribution in [0.15, 0.2) is 18.5 Å². The second-order valence-corrected chi connectivity index (χ2v) is 8.38. The van der Waals surface area contributed by atoms with Crippen LogP contribution in [0.2, 0.25) is 0 Å². The van der Waals surface area contributed by atoms with Crippen LogP contribution in [-0.2, 0) is 33.5 Å². The van der Waals surface area contributed by atoms with E-state index >= 15 is 0 Å². The minimum atomic E-state index is -6.60. The second-order valence-electron chi connectivity index (χ2n) is 4.77. The molecule has 1 rings (SSSR count). The zero-order valence-electron chi connectivity index (χ0n) is 13.0. The van der Waals surface area contributed by atoms with Crippen molar-refractivity contribution in [3.8, 4) is 0 Å². The van der Waals surface area contributed by atoms with E-state index in [1.807, 2.05) is 0 Å². The van der Waals surface area contributed by atoms with Crippen molar-refractivity contribution >= 4 is 20.0 Å². The quantitative estimate of drug-likeness (QED) is 0.745. The van der Waals surface area contributed by atoms with Crippen molar-refractivity contribution in [2.24, 2.45) is 7.05 Å². The molecule has 0 radical (unpaired) electrons. The number of aromatic nitrogens is 1. The molecule has 14 heteroatoms. The summed E-state index contributed by atoms with van der Waals surface area (Å²) in [6.45, 7) is 2.23. The monoisotopic (exact) mass is 418 g/mol. The van der Waals surface area contributed by atoms with Crippen molar-refractivity contribution in [2.45, 2.75) is 37.2 Å². The van der Waals surface area contributed by atoms with Gasteiger partial charge in [-0.2, -0.15) is 26.3 Å². The van der Waals surface area contributed by atoms with Gasteiger partial charge in [-0.15, -0.1) is 0 Å². The molecular weight excluding hydrogens is 402 g/mol. The fraction of sp³-hybridized carbons (Fsp3) is 0.636. The first-order chi connectivity index (χ1) is 11.0. The lowest BCUT2D eigenvalue weighted by atomic mass is 10.2. The Morgan fingerprint density at radius 2 is 1.44 bits per heavy atom. The molecular formula is C11H16F6N2O4S2. The van der Waals surface area contributed by atoms with Crippen LogP contribution >= 0.6 is 0 Å². The second kappa shape index (κ2) is 8.40. The molecule has 0 unspecified atom stereocenters. The van der Waals surface area contributed by atoms with Gasteiger partial charge in [-0.05, 0) is 24.5 Å². The highest BCUT2D eigenvalue weighted by molar-refractivity contribution is 8.05. The summed E-state index contributed by atoms with van der Waals surface area (Å²) in [5.74, 6) is 0. The van der Waals surface area contributed by atoms with Crippen molar-refractivity contribution in [1.82, 2.24) is 8.69 Å². The van der Waals surface area contributed by atoms with E-state index in [-0.39, 0.29) is 0 Å². The lowest BCUT2D eigenvalue weighted by molar-refractivity contribution is -0.0476. The lowest BCUT2D eigenvalue weighted by Gasteiger charge is -2.11. The molecule has 0 aliphatic heterocycles. The predicted molar refractivity (Wildman–Crippen MR) is 77.1 cm³/mol. The highest BCUT2D eigenvalue weighted by Crippen LogP contribution is 2.27. The smallest absolute Gasteiger partial charge is 0.357 e. The number of unbranched alkanes of at least 4 members (excludes halogenated alkanes) is 1. The topological polar surface area (TPSA) is 85.2 Å². The SMILES string of the molecule is CCCCc1ccn(C)c1.O=S(=O)(NS(=O)(=O)C(F)(F)F)C(F)(F)F. The van der Waals surface area contributed by atoms with E-state index in [1.54, 1.807) is 0 Å². The van der Waals surface area contributed by atoms with Crippen molar-refractivity contribution in [3.05, 3.63) is 24.0 Å². The van der Waals surface area contributed by atoms with E-state index in [0.29, 0.717) is 0 Å². The Labute approximate surface area is 140 Å². The molecule has 25 heavy (non-hydrogen) atoms. The fourth-order valence-electron chi connectivity index (χ4n) is 1.33. The van der Waals surface area contributed by atoms with Gasteiger partial charge in [0.05, 0.1) is 0 Å². The molecule has 0 atom stereocenters. The van der Waals surface area contributed by atoms with Crippen LogP contribution in [0.5, 0.6) is 0 Å². The third-order valence-corrected chi connectivity index (χ3v) is 5.52. The van der Waals surface area contributed by atoms with Gasteiger partial charge in [0, 0.05) is 19.4 Å². The zero-order chi connectivity index (χ0) is 20.1. The summed E-state index contributed by atoms with van der Waals surface area (Å²) in [6, 6.07) is 2.19. The van der Waals surface area contributed by atoms with Gasteiger partial charge in [0.25, 0.3) is 0 Å². The van der Waals surface area contributed by atoms with Crippen molar-refractivity contribution in [1.29, 1.82) is 0 Å². The standard InChI is InChI=1S/C9H15N.C2HF6NO4S2/c1-3-4-5-9-6-7-10(2)8-9;3-1(4,5)14(10,11)9-15(12,13)2(6,7)8/h6-8H,3-5H2,1-2H3;9H. The molecule has 0 aromatic carbocycles. The van der Waals surface area contributed by atoms with E-state index in [0.717, 1.165) is 0 Å². The predicted octanol–water partition coefficient (Wildman–Crippen LogP) is 2.64. The van der Waals surface area contributed by atoms with Gasteiger partial charge in [0.15, 0.2) is 0 Å². The number of hydrogen-bond donors (Lipinski definition) is 1. The summed E-state index contributed by atoms with van der Waals surface area (Å²) in [7, 11) is -11.1. The molecule has 0 saturated carbocycles. The Bertz CT molecular complexity index is 708. The van der Waals surface area contributed by atoms with Crippen molar-refractivity contribution in [3.63, 3.8) is 0 Å². The molecule has 6 nitrogen and oxygen atoms in total. The van der Waals surface area contributed by atoms with Crippen molar-refractivity contribution in [2.75, 3.05) is 0 Å². The maximum Gasteiger partial charge on any atom is 0.512 e. The van der Waals surface area contributed by atoms with Gasteiger partial charge in [-0.25, -0.2) is 16.8 Å². The Morgan fingerprint density at radius 3 is 1.72 bits per heavy atom. The van der Waals surface area contributed by atoms with E-state index < -0.39 is 35.2 Å². The zero-order valence-corrected chi connectivity index (χ0v) is 14.7. The maximum atomic E-state index is 11.5. The number of aryl methyl sites for hydroxylation is 2. The number of halogens is 6. The minimum Gasteiger partial charge on any atom is -0.357 e. The Morgan fingerprint density at radius 1 is 1.00 bits per heavy atom. The minimum absolute atomic E-state index is 0.493.